The summed E-state index contributed by atoms with van der Waals surface area (Å²) in [5, 5.41) is 0. The quantitative estimate of drug-likeness (QED) is 0.840. The van der Waals surface area contributed by atoms with Crippen LogP contribution in [0.2, 0.25) is 0 Å². The van der Waals surface area contributed by atoms with Gasteiger partial charge in [-0.2, -0.15) is 0 Å². The van der Waals surface area contributed by atoms with Gasteiger partial charge in [-0.1, -0.05) is 6.92 Å². The van der Waals surface area contributed by atoms with Crippen LogP contribution in [0.15, 0.2) is 43.0 Å². The Morgan fingerprint density at radius 3 is 2.75 bits per heavy atom. The lowest BCUT2D eigenvalue weighted by atomic mass is 9.99. The first-order valence-electron chi connectivity index (χ1n) is 7.12. The van der Waals surface area contributed by atoms with E-state index in [4.69, 9.17) is 0 Å². The van der Waals surface area contributed by atoms with Crippen LogP contribution in [0.1, 0.15) is 30.1 Å². The van der Waals surface area contributed by atoms with Gasteiger partial charge in [0.15, 0.2) is 0 Å². The van der Waals surface area contributed by atoms with E-state index in [9.17, 15) is 4.79 Å². The van der Waals surface area contributed by atoms with E-state index in [-0.39, 0.29) is 5.91 Å². The summed E-state index contributed by atoms with van der Waals surface area (Å²) in [7, 11) is 0. The predicted molar refractivity (Wildman–Crippen MR) is 77.9 cm³/mol. The van der Waals surface area contributed by atoms with E-state index in [0.717, 1.165) is 30.8 Å². The molecule has 0 radical (unpaired) electrons. The minimum atomic E-state index is 0.147. The zero-order valence-corrected chi connectivity index (χ0v) is 11.7. The summed E-state index contributed by atoms with van der Waals surface area (Å²) in [6.07, 6.45) is 7.73. The largest absolute Gasteiger partial charge is 0.338 e. The molecule has 4 heteroatoms. The number of piperidine rings is 1. The fraction of sp³-hybridized carbons (Fsp3) is 0.375. The monoisotopic (exact) mass is 269 g/mol. The van der Waals surface area contributed by atoms with E-state index in [1.165, 1.54) is 6.42 Å². The van der Waals surface area contributed by atoms with Crippen molar-refractivity contribution in [1.82, 2.24) is 14.5 Å². The molecule has 4 nitrogen and oxygen atoms in total. The molecule has 1 unspecified atom stereocenters. The Labute approximate surface area is 119 Å². The predicted octanol–water partition coefficient (Wildman–Crippen LogP) is 2.74. The molecule has 0 spiro atoms. The van der Waals surface area contributed by atoms with Crippen molar-refractivity contribution in [2.45, 2.75) is 19.8 Å². The number of hydrogen-bond acceptors (Lipinski definition) is 2. The van der Waals surface area contributed by atoms with Gasteiger partial charge < -0.3 is 9.47 Å². The molecule has 3 rings (SSSR count). The minimum Gasteiger partial charge on any atom is -0.338 e. The summed E-state index contributed by atoms with van der Waals surface area (Å²) in [6.45, 7) is 3.97. The SMILES string of the molecule is CC1CCCN(C(=O)c2ccc(-n3ccnc3)cc2)C1. The van der Waals surface area contributed by atoms with Gasteiger partial charge in [0.2, 0.25) is 0 Å². The summed E-state index contributed by atoms with van der Waals surface area (Å²) in [5.74, 6) is 0.756. The third-order valence-electron chi connectivity index (χ3n) is 3.86. The van der Waals surface area contributed by atoms with Crippen molar-refractivity contribution in [3.63, 3.8) is 0 Å². The Bertz CT molecular complexity index is 574. The first-order valence-corrected chi connectivity index (χ1v) is 7.12. The Hall–Kier alpha value is -2.10. The first-order chi connectivity index (χ1) is 9.74. The van der Waals surface area contributed by atoms with E-state index in [2.05, 4.69) is 11.9 Å². The molecule has 1 aromatic heterocycles. The van der Waals surface area contributed by atoms with Crippen LogP contribution in [0.3, 0.4) is 0 Å². The second kappa shape index (κ2) is 5.49. The molecule has 0 aliphatic carbocycles. The molecule has 1 fully saturated rings. The second-order valence-corrected chi connectivity index (χ2v) is 5.52. The van der Waals surface area contributed by atoms with Crippen LogP contribution in [0.4, 0.5) is 0 Å². The number of likely N-dealkylation sites (tertiary alicyclic amines) is 1. The van der Waals surface area contributed by atoms with Crippen molar-refractivity contribution in [2.24, 2.45) is 5.92 Å². The highest BCUT2D eigenvalue weighted by molar-refractivity contribution is 5.94. The Morgan fingerprint density at radius 2 is 2.10 bits per heavy atom. The van der Waals surface area contributed by atoms with Crippen molar-refractivity contribution in [3.05, 3.63) is 48.5 Å². The minimum absolute atomic E-state index is 0.147. The number of imidazole rings is 1. The van der Waals surface area contributed by atoms with E-state index < -0.39 is 0 Å². The topological polar surface area (TPSA) is 38.1 Å². The summed E-state index contributed by atoms with van der Waals surface area (Å²) in [4.78, 5) is 18.4. The molecule has 1 atom stereocenters. The van der Waals surface area contributed by atoms with Crippen molar-refractivity contribution in [3.8, 4) is 5.69 Å². The van der Waals surface area contributed by atoms with Crippen LogP contribution in [0.5, 0.6) is 0 Å². The number of carbonyl (C=O) groups excluding carboxylic acids is 1. The van der Waals surface area contributed by atoms with Gasteiger partial charge in [-0.25, -0.2) is 4.98 Å². The van der Waals surface area contributed by atoms with Crippen LogP contribution >= 0.6 is 0 Å². The standard InChI is InChI=1S/C16H19N3O/c1-13-3-2-9-18(11-13)16(20)14-4-6-15(7-5-14)19-10-8-17-12-19/h4-8,10,12-13H,2-3,9,11H2,1H3. The molecule has 0 N–H and O–H groups in total. The number of nitrogens with zero attached hydrogens (tertiary/aromatic N) is 3. The molecule has 0 saturated carbocycles. The number of carbonyl (C=O) groups is 1. The van der Waals surface area contributed by atoms with Crippen LogP contribution in [-0.2, 0) is 0 Å². The van der Waals surface area contributed by atoms with Gasteiger partial charge >= 0.3 is 0 Å². The lowest BCUT2D eigenvalue weighted by molar-refractivity contribution is 0.0683. The summed E-state index contributed by atoms with van der Waals surface area (Å²) < 4.78 is 1.93. The van der Waals surface area contributed by atoms with Crippen LogP contribution in [-0.4, -0.2) is 33.4 Å². The smallest absolute Gasteiger partial charge is 0.253 e. The molecule has 1 aliphatic heterocycles. The van der Waals surface area contributed by atoms with Crippen molar-refractivity contribution in [1.29, 1.82) is 0 Å². The molecule has 20 heavy (non-hydrogen) atoms. The van der Waals surface area contributed by atoms with E-state index >= 15 is 0 Å². The molecule has 1 saturated heterocycles. The molecule has 2 aromatic rings. The molecule has 1 aliphatic rings. The van der Waals surface area contributed by atoms with Crippen LogP contribution in [0, 0.1) is 5.92 Å². The maximum Gasteiger partial charge on any atom is 0.253 e. The number of hydrogen-bond donors (Lipinski definition) is 0. The summed E-state index contributed by atoms with van der Waals surface area (Å²) in [6, 6.07) is 7.72. The highest BCUT2D eigenvalue weighted by Gasteiger charge is 2.21. The third-order valence-corrected chi connectivity index (χ3v) is 3.86. The van der Waals surface area contributed by atoms with Crippen LogP contribution < -0.4 is 0 Å². The van der Waals surface area contributed by atoms with E-state index in [0.29, 0.717) is 5.92 Å². The fourth-order valence-corrected chi connectivity index (χ4v) is 2.74. The van der Waals surface area contributed by atoms with E-state index in [1.807, 2.05) is 39.9 Å². The van der Waals surface area contributed by atoms with Gasteiger partial charge in [0.05, 0.1) is 6.33 Å². The molecular weight excluding hydrogens is 250 g/mol. The second-order valence-electron chi connectivity index (χ2n) is 5.52. The normalized spacial score (nSPS) is 19.1. The maximum atomic E-state index is 12.4. The Morgan fingerprint density at radius 1 is 1.30 bits per heavy atom. The fourth-order valence-electron chi connectivity index (χ4n) is 2.74. The highest BCUT2D eigenvalue weighted by atomic mass is 16.2. The molecule has 2 heterocycles. The number of benzene rings is 1. The third kappa shape index (κ3) is 2.59. The zero-order chi connectivity index (χ0) is 13.9. The average Bonchev–Trinajstić information content (AvgIpc) is 3.01. The van der Waals surface area contributed by atoms with Gasteiger partial charge in [-0.05, 0) is 43.0 Å². The van der Waals surface area contributed by atoms with E-state index in [1.54, 1.807) is 12.5 Å². The lowest BCUT2D eigenvalue weighted by Crippen LogP contribution is -2.39. The summed E-state index contributed by atoms with van der Waals surface area (Å²) in [5.41, 5.74) is 1.79. The first kappa shape index (κ1) is 12.9. The Balaban J connectivity index is 1.75. The molecule has 1 amide bonds. The summed E-state index contributed by atoms with van der Waals surface area (Å²) >= 11 is 0. The maximum absolute atomic E-state index is 12.4. The molecule has 0 bridgehead atoms. The van der Waals surface area contributed by atoms with Gasteiger partial charge in [-0.15, -0.1) is 0 Å². The van der Waals surface area contributed by atoms with Crippen molar-refractivity contribution < 1.29 is 4.79 Å². The van der Waals surface area contributed by atoms with Gasteiger partial charge in [-0.3, -0.25) is 4.79 Å². The van der Waals surface area contributed by atoms with Gasteiger partial charge in [0.25, 0.3) is 5.91 Å². The van der Waals surface area contributed by atoms with Crippen molar-refractivity contribution in [2.75, 3.05) is 13.1 Å². The average molecular weight is 269 g/mol. The lowest BCUT2D eigenvalue weighted by Gasteiger charge is -2.31. The number of amides is 1. The Kier molecular flexibility index (Phi) is 3.54. The number of rotatable bonds is 2. The zero-order valence-electron chi connectivity index (χ0n) is 11.7. The van der Waals surface area contributed by atoms with Crippen LogP contribution in [0.25, 0.3) is 5.69 Å². The number of aromatic nitrogens is 2. The molecular formula is C16H19N3O. The van der Waals surface area contributed by atoms with Gasteiger partial charge in [0.1, 0.15) is 0 Å². The van der Waals surface area contributed by atoms with Crippen molar-refractivity contribution >= 4 is 5.91 Å². The highest BCUT2D eigenvalue weighted by Crippen LogP contribution is 2.18. The molecule has 104 valence electrons. The van der Waals surface area contributed by atoms with Gasteiger partial charge in [0, 0.05) is 36.7 Å². The molecule has 1 aromatic carbocycles.